The molecule has 0 aromatic heterocycles. The SMILES string of the molecule is O=C1c2c(O)c(O)c(N3CCOCC3)c(O)c2OC1c1ccc(O)cc1O. The van der Waals surface area contributed by atoms with Gasteiger partial charge in [0.15, 0.2) is 29.1 Å². The molecule has 9 nitrogen and oxygen atoms in total. The number of fused-ring (bicyclic) bond motifs is 1. The zero-order chi connectivity index (χ0) is 19.3. The number of anilines is 1. The van der Waals surface area contributed by atoms with E-state index in [-0.39, 0.29) is 34.1 Å². The number of phenols is 5. The van der Waals surface area contributed by atoms with E-state index in [1.807, 2.05) is 0 Å². The lowest BCUT2D eigenvalue weighted by Crippen LogP contribution is -2.36. The Morgan fingerprint density at radius 3 is 2.33 bits per heavy atom. The Bertz CT molecular complexity index is 936. The van der Waals surface area contributed by atoms with Crippen LogP contribution in [0, 0.1) is 0 Å². The quantitative estimate of drug-likeness (QED) is 0.389. The first kappa shape index (κ1) is 17.1. The first-order valence-electron chi connectivity index (χ1n) is 8.26. The summed E-state index contributed by atoms with van der Waals surface area (Å²) >= 11 is 0. The van der Waals surface area contributed by atoms with Gasteiger partial charge in [0.05, 0.1) is 13.2 Å². The Balaban J connectivity index is 1.81. The van der Waals surface area contributed by atoms with Crippen LogP contribution in [0.15, 0.2) is 18.2 Å². The Kier molecular flexibility index (Phi) is 3.88. The van der Waals surface area contributed by atoms with Gasteiger partial charge in [-0.1, -0.05) is 0 Å². The standard InChI is InChI=1S/C18H17NO8/c20-8-1-2-9(10(21)7-8)17-14(23)11-13(22)15(24)12(16(25)18(11)27-17)19-3-5-26-6-4-19/h1-2,7,17,20-22,24-25H,3-6H2. The summed E-state index contributed by atoms with van der Waals surface area (Å²) in [5.74, 6) is -3.38. The number of nitrogens with zero attached hydrogens (tertiary/aromatic N) is 1. The minimum absolute atomic E-state index is 0.0436. The second-order valence-electron chi connectivity index (χ2n) is 6.30. The highest BCUT2D eigenvalue weighted by atomic mass is 16.5. The van der Waals surface area contributed by atoms with Gasteiger partial charge in [-0.3, -0.25) is 4.79 Å². The number of carbonyl (C=O) groups excluding carboxylic acids is 1. The van der Waals surface area contributed by atoms with Crippen molar-refractivity contribution >= 4 is 11.5 Å². The molecular formula is C18H17NO8. The number of ether oxygens (including phenoxy) is 2. The fourth-order valence-corrected chi connectivity index (χ4v) is 3.37. The molecule has 1 atom stereocenters. The number of Topliss-reactive ketones (excluding diaryl/α,β-unsaturated/α-hetero) is 1. The Morgan fingerprint density at radius 1 is 0.963 bits per heavy atom. The van der Waals surface area contributed by atoms with Crippen molar-refractivity contribution in [3.63, 3.8) is 0 Å². The Morgan fingerprint density at radius 2 is 1.67 bits per heavy atom. The van der Waals surface area contributed by atoms with E-state index < -0.39 is 29.1 Å². The van der Waals surface area contributed by atoms with Gasteiger partial charge in [0.1, 0.15) is 22.7 Å². The molecule has 0 bridgehead atoms. The third kappa shape index (κ3) is 2.55. The fraction of sp³-hybridized carbons (Fsp3) is 0.278. The van der Waals surface area contributed by atoms with Crippen LogP contribution in [0.1, 0.15) is 22.0 Å². The predicted octanol–water partition coefficient (Wildman–Crippen LogP) is 1.37. The zero-order valence-corrected chi connectivity index (χ0v) is 14.0. The summed E-state index contributed by atoms with van der Waals surface area (Å²) in [6.07, 6.45) is -1.34. The van der Waals surface area contributed by atoms with Crippen molar-refractivity contribution in [2.45, 2.75) is 6.10 Å². The van der Waals surface area contributed by atoms with Gasteiger partial charge in [0.25, 0.3) is 0 Å². The van der Waals surface area contributed by atoms with E-state index in [0.717, 1.165) is 6.07 Å². The highest BCUT2D eigenvalue weighted by molar-refractivity contribution is 6.10. The van der Waals surface area contributed by atoms with Crippen LogP contribution in [-0.2, 0) is 4.74 Å². The van der Waals surface area contributed by atoms with Crippen LogP contribution in [-0.4, -0.2) is 57.6 Å². The summed E-state index contributed by atoms with van der Waals surface area (Å²) in [6.45, 7) is 1.49. The van der Waals surface area contributed by atoms with E-state index >= 15 is 0 Å². The summed E-state index contributed by atoms with van der Waals surface area (Å²) in [5.41, 5.74) is -0.349. The molecule has 2 aromatic carbocycles. The van der Waals surface area contributed by atoms with Crippen LogP contribution in [0.2, 0.25) is 0 Å². The molecule has 142 valence electrons. The number of hydrogen-bond acceptors (Lipinski definition) is 9. The molecule has 2 aromatic rings. The van der Waals surface area contributed by atoms with Crippen LogP contribution in [0.5, 0.6) is 34.5 Å². The van der Waals surface area contributed by atoms with Crippen molar-refractivity contribution in [3.05, 3.63) is 29.3 Å². The smallest absolute Gasteiger partial charge is 0.215 e. The molecule has 0 radical (unpaired) electrons. The van der Waals surface area contributed by atoms with Gasteiger partial charge in [0.2, 0.25) is 5.78 Å². The second kappa shape index (κ2) is 6.13. The maximum atomic E-state index is 12.7. The summed E-state index contributed by atoms with van der Waals surface area (Å²) in [6, 6.07) is 3.62. The molecule has 2 heterocycles. The maximum Gasteiger partial charge on any atom is 0.215 e. The monoisotopic (exact) mass is 375 g/mol. The molecule has 0 spiro atoms. The molecule has 27 heavy (non-hydrogen) atoms. The molecule has 9 heteroatoms. The number of benzene rings is 2. The number of morpholine rings is 1. The fourth-order valence-electron chi connectivity index (χ4n) is 3.37. The predicted molar refractivity (Wildman–Crippen MR) is 91.9 cm³/mol. The maximum absolute atomic E-state index is 12.7. The van der Waals surface area contributed by atoms with E-state index in [9.17, 15) is 30.3 Å². The number of carbonyl (C=O) groups is 1. The molecule has 1 unspecified atom stereocenters. The van der Waals surface area contributed by atoms with Gasteiger partial charge in [-0.15, -0.1) is 0 Å². The number of phenolic OH excluding ortho intramolecular Hbond substituents is 5. The average Bonchev–Trinajstić information content (AvgIpc) is 2.99. The number of aromatic hydroxyl groups is 5. The van der Waals surface area contributed by atoms with Crippen LogP contribution in [0.4, 0.5) is 5.69 Å². The first-order chi connectivity index (χ1) is 12.9. The van der Waals surface area contributed by atoms with Gasteiger partial charge in [-0.25, -0.2) is 0 Å². The van der Waals surface area contributed by atoms with Crippen molar-refractivity contribution in [1.29, 1.82) is 0 Å². The second-order valence-corrected chi connectivity index (χ2v) is 6.30. The van der Waals surface area contributed by atoms with E-state index in [0.29, 0.717) is 26.3 Å². The Hall–Kier alpha value is -3.33. The lowest BCUT2D eigenvalue weighted by Gasteiger charge is -2.30. The number of hydrogen-bond donors (Lipinski definition) is 5. The van der Waals surface area contributed by atoms with Crippen molar-refractivity contribution in [3.8, 4) is 34.5 Å². The average molecular weight is 375 g/mol. The highest BCUT2D eigenvalue weighted by Gasteiger charge is 2.43. The summed E-state index contributed by atoms with van der Waals surface area (Å²) in [5, 5.41) is 50.8. The molecule has 5 N–H and O–H groups in total. The van der Waals surface area contributed by atoms with Gasteiger partial charge < -0.3 is 39.9 Å². The highest BCUT2D eigenvalue weighted by Crippen LogP contribution is 2.57. The van der Waals surface area contributed by atoms with Gasteiger partial charge >= 0.3 is 0 Å². The van der Waals surface area contributed by atoms with Crippen molar-refractivity contribution in [2.24, 2.45) is 0 Å². The third-order valence-corrected chi connectivity index (χ3v) is 4.70. The van der Waals surface area contributed by atoms with E-state index in [1.54, 1.807) is 4.90 Å². The molecular weight excluding hydrogens is 358 g/mol. The van der Waals surface area contributed by atoms with Crippen molar-refractivity contribution < 1.29 is 39.8 Å². The van der Waals surface area contributed by atoms with Crippen LogP contribution in [0.25, 0.3) is 0 Å². The zero-order valence-electron chi connectivity index (χ0n) is 14.0. The van der Waals surface area contributed by atoms with E-state index in [1.165, 1.54) is 12.1 Å². The molecule has 0 amide bonds. The molecule has 2 aliphatic heterocycles. The van der Waals surface area contributed by atoms with Gasteiger partial charge in [-0.2, -0.15) is 0 Å². The largest absolute Gasteiger partial charge is 0.508 e. The summed E-state index contributed by atoms with van der Waals surface area (Å²) in [4.78, 5) is 14.4. The number of ketones is 1. The van der Waals surface area contributed by atoms with Crippen molar-refractivity contribution in [2.75, 3.05) is 31.2 Å². The van der Waals surface area contributed by atoms with E-state index in [2.05, 4.69) is 0 Å². The van der Waals surface area contributed by atoms with Gasteiger partial charge in [0, 0.05) is 24.7 Å². The topological polar surface area (TPSA) is 140 Å². The summed E-state index contributed by atoms with van der Waals surface area (Å²) in [7, 11) is 0. The van der Waals surface area contributed by atoms with Crippen molar-refractivity contribution in [1.82, 2.24) is 0 Å². The normalized spacial score (nSPS) is 19.0. The lowest BCUT2D eigenvalue weighted by atomic mass is 9.99. The first-order valence-corrected chi connectivity index (χ1v) is 8.26. The van der Waals surface area contributed by atoms with Crippen LogP contribution in [0.3, 0.4) is 0 Å². The Labute approximate surface area is 153 Å². The van der Waals surface area contributed by atoms with E-state index in [4.69, 9.17) is 9.47 Å². The molecule has 0 aliphatic carbocycles. The molecule has 2 aliphatic rings. The summed E-state index contributed by atoms with van der Waals surface area (Å²) < 4.78 is 10.8. The van der Waals surface area contributed by atoms with Crippen LogP contribution >= 0.6 is 0 Å². The lowest BCUT2D eigenvalue weighted by molar-refractivity contribution is 0.0851. The van der Waals surface area contributed by atoms with Crippen LogP contribution < -0.4 is 9.64 Å². The minimum Gasteiger partial charge on any atom is -0.508 e. The minimum atomic E-state index is -1.34. The number of rotatable bonds is 2. The molecule has 1 fully saturated rings. The molecule has 1 saturated heterocycles. The molecule has 0 saturated carbocycles. The third-order valence-electron chi connectivity index (χ3n) is 4.70. The molecule has 4 rings (SSSR count). The van der Waals surface area contributed by atoms with Gasteiger partial charge in [-0.05, 0) is 12.1 Å².